The topological polar surface area (TPSA) is 74.2 Å². The molecule has 3 fully saturated rings. The van der Waals surface area contributed by atoms with Gasteiger partial charge in [0, 0.05) is 17.9 Å². The van der Waals surface area contributed by atoms with Gasteiger partial charge in [0.15, 0.2) is 6.29 Å². The van der Waals surface area contributed by atoms with Crippen LogP contribution < -0.4 is 0 Å². The first-order chi connectivity index (χ1) is 12.8. The van der Waals surface area contributed by atoms with Crippen molar-refractivity contribution >= 4 is 5.97 Å². The van der Waals surface area contributed by atoms with Crippen LogP contribution in [0.25, 0.3) is 0 Å². The summed E-state index contributed by atoms with van der Waals surface area (Å²) >= 11 is 0. The molecule has 0 spiro atoms. The normalized spacial score (nSPS) is 47.3. The Hall–Kier alpha value is -1.11. The number of rotatable bonds is 3. The predicted octanol–water partition coefficient (Wildman–Crippen LogP) is 2.93. The van der Waals surface area contributed by atoms with E-state index in [1.165, 1.54) is 0 Å². The van der Waals surface area contributed by atoms with Gasteiger partial charge in [-0.05, 0) is 50.5 Å². The highest BCUT2D eigenvalue weighted by Crippen LogP contribution is 2.63. The van der Waals surface area contributed by atoms with Crippen molar-refractivity contribution < 1.29 is 28.8 Å². The molecule has 1 unspecified atom stereocenters. The molecule has 152 valence electrons. The molecule has 0 amide bonds. The third-order valence-corrected chi connectivity index (χ3v) is 7.65. The van der Waals surface area contributed by atoms with Crippen LogP contribution in [0.4, 0.5) is 0 Å². The highest BCUT2D eigenvalue weighted by molar-refractivity contribution is 5.74. The Balaban J connectivity index is 1.81. The molecule has 4 aliphatic rings. The lowest BCUT2D eigenvalue weighted by atomic mass is 9.47. The van der Waals surface area contributed by atoms with Crippen LogP contribution >= 0.6 is 0 Å². The molecule has 0 aromatic rings. The molecule has 6 heteroatoms. The standard InChI is InChI=1S/C21H32O6/c1-12-8-9-14-20(3)17(12)19(27-16-7-5-6-10-25-16)18(24-4)13(2)21(20,23)11-15(22)26-14/h12,14,16-17,19,23H,5-11H2,1-4H3/t12-,14+,16?,17-,19+,20+,21+/m1/s1. The fourth-order valence-corrected chi connectivity index (χ4v) is 6.15. The monoisotopic (exact) mass is 380 g/mol. The molecule has 7 atom stereocenters. The van der Waals surface area contributed by atoms with Gasteiger partial charge >= 0.3 is 5.97 Å². The van der Waals surface area contributed by atoms with Crippen LogP contribution in [0.3, 0.4) is 0 Å². The van der Waals surface area contributed by atoms with Gasteiger partial charge in [-0.3, -0.25) is 4.79 Å². The first-order valence-corrected chi connectivity index (χ1v) is 10.3. The largest absolute Gasteiger partial charge is 0.498 e. The van der Waals surface area contributed by atoms with Gasteiger partial charge in [0.1, 0.15) is 23.6 Å². The number of ether oxygens (including phenoxy) is 4. The van der Waals surface area contributed by atoms with Crippen LogP contribution in [0, 0.1) is 17.3 Å². The van der Waals surface area contributed by atoms with Crippen LogP contribution in [0.15, 0.2) is 11.3 Å². The summed E-state index contributed by atoms with van der Waals surface area (Å²) in [5.41, 5.74) is -1.19. The third kappa shape index (κ3) is 2.67. The van der Waals surface area contributed by atoms with Crippen molar-refractivity contribution in [3.05, 3.63) is 11.3 Å². The summed E-state index contributed by atoms with van der Waals surface area (Å²) in [6.07, 6.45) is 3.81. The molecule has 1 saturated carbocycles. The summed E-state index contributed by atoms with van der Waals surface area (Å²) in [5.74, 6) is 0.606. The van der Waals surface area contributed by atoms with E-state index in [2.05, 4.69) is 13.8 Å². The lowest BCUT2D eigenvalue weighted by molar-refractivity contribution is -0.275. The maximum absolute atomic E-state index is 12.3. The number of methoxy groups -OCH3 is 1. The van der Waals surface area contributed by atoms with Crippen molar-refractivity contribution in [2.45, 2.75) is 83.4 Å². The molecule has 2 saturated heterocycles. The van der Waals surface area contributed by atoms with Gasteiger partial charge < -0.3 is 24.1 Å². The zero-order valence-corrected chi connectivity index (χ0v) is 16.8. The maximum Gasteiger partial charge on any atom is 0.309 e. The molecule has 0 bridgehead atoms. The molecule has 2 heterocycles. The van der Waals surface area contributed by atoms with Gasteiger partial charge in [0.05, 0.1) is 13.5 Å². The molecule has 1 N–H and O–H groups in total. The van der Waals surface area contributed by atoms with Crippen LogP contribution in [0.2, 0.25) is 0 Å². The summed E-state index contributed by atoms with van der Waals surface area (Å²) in [6.45, 7) is 6.85. The van der Waals surface area contributed by atoms with Gasteiger partial charge in [-0.2, -0.15) is 0 Å². The molecule has 0 radical (unpaired) electrons. The van der Waals surface area contributed by atoms with Gasteiger partial charge in [0.2, 0.25) is 0 Å². The van der Waals surface area contributed by atoms with Crippen molar-refractivity contribution in [1.82, 2.24) is 0 Å². The molecule has 6 nitrogen and oxygen atoms in total. The minimum absolute atomic E-state index is 0.0153. The number of hydrogen-bond donors (Lipinski definition) is 1. The quantitative estimate of drug-likeness (QED) is 0.759. The van der Waals surface area contributed by atoms with Crippen LogP contribution in [0.1, 0.15) is 59.3 Å². The highest BCUT2D eigenvalue weighted by atomic mass is 16.7. The lowest BCUT2D eigenvalue weighted by Gasteiger charge is -2.63. The summed E-state index contributed by atoms with van der Waals surface area (Å²) in [5, 5.41) is 11.8. The summed E-state index contributed by atoms with van der Waals surface area (Å²) in [7, 11) is 1.62. The number of esters is 1. The highest BCUT2D eigenvalue weighted by Gasteiger charge is 2.69. The van der Waals surface area contributed by atoms with Crippen LogP contribution in [0.5, 0.6) is 0 Å². The first-order valence-electron chi connectivity index (χ1n) is 10.3. The Morgan fingerprint density at radius 2 is 2.00 bits per heavy atom. The Bertz CT molecular complexity index is 639. The van der Waals surface area contributed by atoms with E-state index in [-0.39, 0.29) is 36.8 Å². The average Bonchev–Trinajstić information content (AvgIpc) is 2.63. The fourth-order valence-electron chi connectivity index (χ4n) is 6.15. The summed E-state index contributed by atoms with van der Waals surface area (Å²) in [6, 6.07) is 0. The molecule has 0 aromatic heterocycles. The van der Waals surface area contributed by atoms with E-state index >= 15 is 0 Å². The van der Waals surface area contributed by atoms with E-state index in [1.54, 1.807) is 7.11 Å². The Kier molecular flexibility index (Phi) is 4.80. The molecule has 4 rings (SSSR count). The van der Waals surface area contributed by atoms with E-state index in [0.717, 1.165) is 32.1 Å². The van der Waals surface area contributed by atoms with E-state index < -0.39 is 11.0 Å². The minimum Gasteiger partial charge on any atom is -0.498 e. The fraction of sp³-hybridized carbons (Fsp3) is 0.857. The molecular weight excluding hydrogens is 348 g/mol. The van der Waals surface area contributed by atoms with E-state index in [4.69, 9.17) is 18.9 Å². The smallest absolute Gasteiger partial charge is 0.309 e. The second-order valence-electron chi connectivity index (χ2n) is 8.92. The predicted molar refractivity (Wildman–Crippen MR) is 97.6 cm³/mol. The summed E-state index contributed by atoms with van der Waals surface area (Å²) < 4.78 is 23.9. The zero-order valence-electron chi connectivity index (χ0n) is 16.8. The maximum atomic E-state index is 12.3. The SMILES string of the molecule is COC1=C(C)[C@@]2(O)CC(=O)O[C@H]3CC[C@@H](C)[C@H]([C@@H]1OC1CCCCO1)[C@]32C. The third-order valence-electron chi connectivity index (χ3n) is 7.65. The molecular formula is C21H32O6. The van der Waals surface area contributed by atoms with Crippen molar-refractivity contribution in [2.24, 2.45) is 17.3 Å². The van der Waals surface area contributed by atoms with Crippen LogP contribution in [-0.2, 0) is 23.7 Å². The van der Waals surface area contributed by atoms with Crippen molar-refractivity contribution in [1.29, 1.82) is 0 Å². The van der Waals surface area contributed by atoms with Gasteiger partial charge in [-0.15, -0.1) is 0 Å². The van der Waals surface area contributed by atoms with Gasteiger partial charge in [-0.1, -0.05) is 13.8 Å². The number of hydrogen-bond acceptors (Lipinski definition) is 6. The Labute approximate surface area is 161 Å². The van der Waals surface area contributed by atoms with E-state index in [0.29, 0.717) is 23.9 Å². The molecule has 27 heavy (non-hydrogen) atoms. The number of carbonyl (C=O) groups excluding carboxylic acids is 1. The lowest BCUT2D eigenvalue weighted by Crippen LogP contribution is -2.70. The van der Waals surface area contributed by atoms with Gasteiger partial charge in [-0.25, -0.2) is 0 Å². The average molecular weight is 380 g/mol. The molecule has 2 aliphatic carbocycles. The van der Waals surface area contributed by atoms with Crippen molar-refractivity contribution in [2.75, 3.05) is 13.7 Å². The minimum atomic E-state index is -1.27. The van der Waals surface area contributed by atoms with Gasteiger partial charge in [0.25, 0.3) is 0 Å². The van der Waals surface area contributed by atoms with E-state index in [9.17, 15) is 9.90 Å². The Morgan fingerprint density at radius 1 is 1.22 bits per heavy atom. The number of aliphatic hydroxyl groups is 1. The number of carbonyl (C=O) groups is 1. The Morgan fingerprint density at radius 3 is 2.67 bits per heavy atom. The molecule has 2 aliphatic heterocycles. The summed E-state index contributed by atoms with van der Waals surface area (Å²) in [4.78, 5) is 12.3. The zero-order chi connectivity index (χ0) is 19.4. The van der Waals surface area contributed by atoms with Crippen molar-refractivity contribution in [3.8, 4) is 0 Å². The van der Waals surface area contributed by atoms with Crippen LogP contribution in [-0.4, -0.2) is 48.9 Å². The van der Waals surface area contributed by atoms with Crippen molar-refractivity contribution in [3.63, 3.8) is 0 Å². The second kappa shape index (κ2) is 6.75. The first kappa shape index (κ1) is 19.2. The van der Waals surface area contributed by atoms with E-state index in [1.807, 2.05) is 6.92 Å². The molecule has 0 aromatic carbocycles. The second-order valence-corrected chi connectivity index (χ2v) is 8.92.